The fourth-order valence-electron chi connectivity index (χ4n) is 3.97. The smallest absolute Gasteiger partial charge is 0.310 e. The zero-order chi connectivity index (χ0) is 17.3. The van der Waals surface area contributed by atoms with Crippen molar-refractivity contribution in [2.24, 2.45) is 11.3 Å². The fraction of sp³-hybridized carbons (Fsp3) is 0.556. The van der Waals surface area contributed by atoms with Crippen LogP contribution in [-0.4, -0.2) is 49.7 Å². The van der Waals surface area contributed by atoms with Gasteiger partial charge in [0.2, 0.25) is 5.82 Å². The number of hydrogen-bond donors (Lipinski definition) is 2. The maximum absolute atomic E-state index is 12.0. The predicted molar refractivity (Wildman–Crippen MR) is 91.5 cm³/mol. The lowest BCUT2D eigenvalue weighted by Crippen LogP contribution is -2.47. The Morgan fingerprint density at radius 3 is 2.76 bits per heavy atom. The Kier molecular flexibility index (Phi) is 4.25. The first-order valence-electron chi connectivity index (χ1n) is 8.93. The number of H-pyrrole nitrogens is 1. The highest BCUT2D eigenvalue weighted by molar-refractivity contribution is 5.75. The third kappa shape index (κ3) is 3.56. The van der Waals surface area contributed by atoms with Gasteiger partial charge in [0.1, 0.15) is 0 Å². The van der Waals surface area contributed by atoms with Gasteiger partial charge in [0.25, 0.3) is 0 Å². The minimum Gasteiger partial charge on any atom is -0.481 e. The first-order valence-corrected chi connectivity index (χ1v) is 8.93. The van der Waals surface area contributed by atoms with Gasteiger partial charge in [-0.3, -0.25) is 9.69 Å². The number of carboxylic acid groups (broad SMARTS) is 1. The zero-order valence-electron chi connectivity index (χ0n) is 14.2. The molecule has 1 saturated heterocycles. The van der Waals surface area contributed by atoms with Gasteiger partial charge in [-0.1, -0.05) is 37.1 Å². The predicted octanol–water partition coefficient (Wildman–Crippen LogP) is 2.33. The SMILES string of the molecule is O=C(O)[C@@]1(CC2CC2)CCCN(Cc2ccc(-c3nn[nH]n3)cc2)C1. The number of aromatic amines is 1. The summed E-state index contributed by atoms with van der Waals surface area (Å²) in [5, 5.41) is 23.8. The Labute approximate surface area is 146 Å². The van der Waals surface area contributed by atoms with Crippen molar-refractivity contribution >= 4 is 5.97 Å². The van der Waals surface area contributed by atoms with Crippen LogP contribution in [0, 0.1) is 11.3 Å². The molecule has 0 amide bonds. The van der Waals surface area contributed by atoms with E-state index in [1.54, 1.807) is 0 Å². The molecular weight excluding hydrogens is 318 g/mol. The fourth-order valence-corrected chi connectivity index (χ4v) is 3.97. The van der Waals surface area contributed by atoms with E-state index in [-0.39, 0.29) is 0 Å². The molecule has 0 bridgehead atoms. The number of piperidine rings is 1. The molecule has 4 rings (SSSR count). The molecule has 2 aromatic rings. The van der Waals surface area contributed by atoms with E-state index in [0.29, 0.717) is 18.3 Å². The second-order valence-corrected chi connectivity index (χ2v) is 7.48. The summed E-state index contributed by atoms with van der Waals surface area (Å²) in [7, 11) is 0. The average Bonchev–Trinajstić information content (AvgIpc) is 3.24. The molecule has 1 atom stereocenters. The summed E-state index contributed by atoms with van der Waals surface area (Å²) >= 11 is 0. The number of nitrogens with zero attached hydrogens (tertiary/aromatic N) is 4. The number of carbonyl (C=O) groups is 1. The highest BCUT2D eigenvalue weighted by atomic mass is 16.4. The summed E-state index contributed by atoms with van der Waals surface area (Å²) in [6.07, 6.45) is 5.01. The number of aromatic nitrogens is 4. The summed E-state index contributed by atoms with van der Waals surface area (Å²) in [5.74, 6) is 0.598. The van der Waals surface area contributed by atoms with Gasteiger partial charge < -0.3 is 5.11 Å². The summed E-state index contributed by atoms with van der Waals surface area (Å²) in [6.45, 7) is 2.41. The van der Waals surface area contributed by atoms with Gasteiger partial charge in [-0.05, 0) is 42.5 Å². The summed E-state index contributed by atoms with van der Waals surface area (Å²) in [6, 6.07) is 8.09. The molecule has 0 unspecified atom stereocenters. The van der Waals surface area contributed by atoms with Gasteiger partial charge in [0.15, 0.2) is 0 Å². The number of benzene rings is 1. The Hall–Kier alpha value is -2.28. The summed E-state index contributed by atoms with van der Waals surface area (Å²) in [4.78, 5) is 14.3. The summed E-state index contributed by atoms with van der Waals surface area (Å²) in [5.41, 5.74) is 1.55. The van der Waals surface area contributed by atoms with Crippen molar-refractivity contribution in [2.75, 3.05) is 13.1 Å². The molecule has 25 heavy (non-hydrogen) atoms. The Morgan fingerprint density at radius 1 is 1.32 bits per heavy atom. The molecule has 1 aromatic heterocycles. The number of rotatable bonds is 6. The van der Waals surface area contributed by atoms with E-state index in [1.807, 2.05) is 12.1 Å². The third-order valence-electron chi connectivity index (χ3n) is 5.45. The highest BCUT2D eigenvalue weighted by Crippen LogP contribution is 2.45. The maximum atomic E-state index is 12.0. The van der Waals surface area contributed by atoms with E-state index in [2.05, 4.69) is 37.7 Å². The average molecular weight is 341 g/mol. The van der Waals surface area contributed by atoms with Gasteiger partial charge in [-0.25, -0.2) is 0 Å². The number of carboxylic acids is 1. The van der Waals surface area contributed by atoms with Crippen LogP contribution in [0.3, 0.4) is 0 Å². The second-order valence-electron chi connectivity index (χ2n) is 7.48. The van der Waals surface area contributed by atoms with Crippen LogP contribution >= 0.6 is 0 Å². The van der Waals surface area contributed by atoms with Crippen molar-refractivity contribution in [2.45, 2.75) is 38.6 Å². The Balaban J connectivity index is 1.44. The molecule has 0 spiro atoms. The Morgan fingerprint density at radius 2 is 2.12 bits per heavy atom. The van der Waals surface area contributed by atoms with Crippen LogP contribution in [0.15, 0.2) is 24.3 Å². The van der Waals surface area contributed by atoms with Gasteiger partial charge in [-0.15, -0.1) is 10.2 Å². The van der Waals surface area contributed by atoms with Crippen LogP contribution in [0.1, 0.15) is 37.7 Å². The first kappa shape index (κ1) is 16.2. The normalized spacial score (nSPS) is 24.3. The molecule has 1 saturated carbocycles. The van der Waals surface area contributed by atoms with Crippen molar-refractivity contribution in [3.05, 3.63) is 29.8 Å². The van der Waals surface area contributed by atoms with Gasteiger partial charge in [0, 0.05) is 18.7 Å². The summed E-state index contributed by atoms with van der Waals surface area (Å²) < 4.78 is 0. The standard InChI is InChI=1S/C18H23N5O2/c24-17(25)18(10-13-2-3-13)8-1-9-23(12-18)11-14-4-6-15(7-5-14)16-19-21-22-20-16/h4-7,13H,1-3,8-12H2,(H,24,25)(H,19,20,21,22)/t18-/m1/s1. The number of aliphatic carboxylic acids is 1. The molecule has 1 aliphatic carbocycles. The van der Waals surface area contributed by atoms with Crippen molar-refractivity contribution < 1.29 is 9.90 Å². The monoisotopic (exact) mass is 341 g/mol. The van der Waals surface area contributed by atoms with E-state index in [1.165, 1.54) is 18.4 Å². The molecule has 2 aliphatic rings. The minimum atomic E-state index is -0.614. The van der Waals surface area contributed by atoms with Gasteiger partial charge in [-0.2, -0.15) is 5.21 Å². The molecule has 2 heterocycles. The quantitative estimate of drug-likeness (QED) is 0.837. The van der Waals surface area contributed by atoms with E-state index in [0.717, 1.165) is 37.9 Å². The van der Waals surface area contributed by atoms with Crippen LogP contribution in [0.5, 0.6) is 0 Å². The van der Waals surface area contributed by atoms with E-state index in [9.17, 15) is 9.90 Å². The van der Waals surface area contributed by atoms with Crippen LogP contribution in [0.25, 0.3) is 11.4 Å². The number of tetrazole rings is 1. The molecule has 132 valence electrons. The van der Waals surface area contributed by atoms with Crippen molar-refractivity contribution in [1.82, 2.24) is 25.5 Å². The lowest BCUT2D eigenvalue weighted by Gasteiger charge is -2.40. The van der Waals surface area contributed by atoms with Crippen LogP contribution < -0.4 is 0 Å². The maximum Gasteiger partial charge on any atom is 0.310 e. The number of likely N-dealkylation sites (tertiary alicyclic amines) is 1. The van der Waals surface area contributed by atoms with E-state index < -0.39 is 11.4 Å². The van der Waals surface area contributed by atoms with Crippen LogP contribution in [0.4, 0.5) is 0 Å². The molecule has 1 aliphatic heterocycles. The third-order valence-corrected chi connectivity index (χ3v) is 5.45. The molecule has 7 heteroatoms. The van der Waals surface area contributed by atoms with E-state index >= 15 is 0 Å². The van der Waals surface area contributed by atoms with Crippen molar-refractivity contribution in [3.63, 3.8) is 0 Å². The molecule has 0 radical (unpaired) electrons. The zero-order valence-corrected chi connectivity index (χ0v) is 14.2. The first-order chi connectivity index (χ1) is 12.1. The van der Waals surface area contributed by atoms with Crippen LogP contribution in [-0.2, 0) is 11.3 Å². The van der Waals surface area contributed by atoms with Crippen molar-refractivity contribution in [1.29, 1.82) is 0 Å². The number of hydrogen-bond acceptors (Lipinski definition) is 5. The molecular formula is C18H23N5O2. The topological polar surface area (TPSA) is 95.0 Å². The second kappa shape index (κ2) is 6.55. The van der Waals surface area contributed by atoms with Gasteiger partial charge in [0.05, 0.1) is 5.41 Å². The Bertz CT molecular complexity index is 726. The van der Waals surface area contributed by atoms with E-state index in [4.69, 9.17) is 0 Å². The molecule has 2 fully saturated rings. The molecule has 1 aromatic carbocycles. The number of nitrogens with one attached hydrogen (secondary N) is 1. The van der Waals surface area contributed by atoms with Gasteiger partial charge >= 0.3 is 5.97 Å². The lowest BCUT2D eigenvalue weighted by molar-refractivity contribution is -0.153. The molecule has 2 N–H and O–H groups in total. The van der Waals surface area contributed by atoms with Crippen molar-refractivity contribution in [3.8, 4) is 11.4 Å². The minimum absolute atomic E-state index is 0.552. The largest absolute Gasteiger partial charge is 0.481 e. The highest BCUT2D eigenvalue weighted by Gasteiger charge is 2.45. The van der Waals surface area contributed by atoms with Crippen LogP contribution in [0.2, 0.25) is 0 Å². The lowest BCUT2D eigenvalue weighted by atomic mass is 9.75. The molecule has 7 nitrogen and oxygen atoms in total.